The van der Waals surface area contributed by atoms with Crippen molar-refractivity contribution in [1.29, 1.82) is 0 Å². The molecule has 166 valence electrons. The quantitative estimate of drug-likeness (QED) is 0.579. The van der Waals surface area contributed by atoms with Crippen LogP contribution < -0.4 is 16.0 Å². The lowest BCUT2D eigenvalue weighted by molar-refractivity contribution is -0.119. The van der Waals surface area contributed by atoms with Crippen LogP contribution in [0.2, 0.25) is 0 Å². The highest BCUT2D eigenvalue weighted by atomic mass is 32.2. The standard InChI is InChI=1S/C23H23N3O5S/c27-20(12-31-23(30)14-9-10-19-18(11-14)26-21(28)13-32-19)25-17-8-4-3-7-16(17)22(29)24-15-5-1-2-6-15/h3-4,7-11,15H,1-2,5-6,12-13H2,(H,24,29)(H,25,27)(H,26,28). The monoisotopic (exact) mass is 453 g/mol. The minimum atomic E-state index is -0.681. The van der Waals surface area contributed by atoms with Crippen LogP contribution in [0.4, 0.5) is 11.4 Å². The fourth-order valence-corrected chi connectivity index (χ4v) is 4.52. The molecule has 1 aliphatic heterocycles. The number of thioether (sulfide) groups is 1. The summed E-state index contributed by atoms with van der Waals surface area (Å²) in [5.74, 6) is -1.28. The zero-order valence-corrected chi connectivity index (χ0v) is 18.1. The highest BCUT2D eigenvalue weighted by molar-refractivity contribution is 8.00. The molecule has 9 heteroatoms. The Balaban J connectivity index is 1.34. The van der Waals surface area contributed by atoms with Crippen molar-refractivity contribution in [3.05, 3.63) is 53.6 Å². The number of ether oxygens (including phenoxy) is 1. The molecule has 2 aromatic rings. The number of para-hydroxylation sites is 1. The first-order chi connectivity index (χ1) is 15.5. The topological polar surface area (TPSA) is 114 Å². The summed E-state index contributed by atoms with van der Waals surface area (Å²) in [4.78, 5) is 49.7. The van der Waals surface area contributed by atoms with Crippen LogP contribution in [0.15, 0.2) is 47.4 Å². The number of nitrogens with one attached hydrogen (secondary N) is 3. The molecule has 1 fully saturated rings. The molecule has 0 unspecified atom stereocenters. The van der Waals surface area contributed by atoms with Gasteiger partial charge in [0.2, 0.25) is 5.91 Å². The second kappa shape index (κ2) is 9.86. The zero-order chi connectivity index (χ0) is 22.5. The zero-order valence-electron chi connectivity index (χ0n) is 17.3. The minimum absolute atomic E-state index is 0.136. The van der Waals surface area contributed by atoms with Crippen molar-refractivity contribution in [2.45, 2.75) is 36.6 Å². The molecule has 2 aliphatic rings. The minimum Gasteiger partial charge on any atom is -0.452 e. The van der Waals surface area contributed by atoms with Gasteiger partial charge >= 0.3 is 5.97 Å². The molecule has 1 heterocycles. The Morgan fingerprint density at radius 3 is 2.69 bits per heavy atom. The van der Waals surface area contributed by atoms with Crippen LogP contribution >= 0.6 is 11.8 Å². The molecule has 1 saturated carbocycles. The van der Waals surface area contributed by atoms with Gasteiger partial charge in [0.1, 0.15) is 0 Å². The molecule has 0 aromatic heterocycles. The molecule has 3 N–H and O–H groups in total. The number of fused-ring (bicyclic) bond motifs is 1. The van der Waals surface area contributed by atoms with Crippen molar-refractivity contribution < 1.29 is 23.9 Å². The number of carbonyl (C=O) groups excluding carboxylic acids is 4. The van der Waals surface area contributed by atoms with E-state index in [2.05, 4.69) is 16.0 Å². The summed E-state index contributed by atoms with van der Waals surface area (Å²) < 4.78 is 5.12. The first-order valence-corrected chi connectivity index (χ1v) is 11.4. The van der Waals surface area contributed by atoms with Gasteiger partial charge in [-0.3, -0.25) is 14.4 Å². The van der Waals surface area contributed by atoms with Crippen LogP contribution in [0.1, 0.15) is 46.4 Å². The normalized spacial score (nSPS) is 15.4. The molecule has 4 rings (SSSR count). The van der Waals surface area contributed by atoms with E-state index in [-0.39, 0.29) is 23.4 Å². The van der Waals surface area contributed by atoms with E-state index in [1.807, 2.05) is 0 Å². The van der Waals surface area contributed by atoms with Crippen LogP contribution in [0.5, 0.6) is 0 Å². The number of anilines is 2. The molecule has 0 atom stereocenters. The van der Waals surface area contributed by atoms with Gasteiger partial charge in [-0.25, -0.2) is 4.79 Å². The van der Waals surface area contributed by atoms with E-state index in [1.54, 1.807) is 36.4 Å². The molecule has 0 radical (unpaired) electrons. The number of benzene rings is 2. The summed E-state index contributed by atoms with van der Waals surface area (Å²) in [7, 11) is 0. The van der Waals surface area contributed by atoms with Crippen LogP contribution in [-0.2, 0) is 14.3 Å². The van der Waals surface area contributed by atoms with Crippen molar-refractivity contribution in [1.82, 2.24) is 5.32 Å². The van der Waals surface area contributed by atoms with Crippen molar-refractivity contribution >= 4 is 46.8 Å². The van der Waals surface area contributed by atoms with Crippen LogP contribution in [0.25, 0.3) is 0 Å². The smallest absolute Gasteiger partial charge is 0.338 e. The Hall–Kier alpha value is -3.33. The lowest BCUT2D eigenvalue weighted by Gasteiger charge is -2.17. The molecular weight excluding hydrogens is 430 g/mol. The van der Waals surface area contributed by atoms with E-state index in [4.69, 9.17) is 4.74 Å². The summed E-state index contributed by atoms with van der Waals surface area (Å²) in [5, 5.41) is 8.35. The van der Waals surface area contributed by atoms with Crippen LogP contribution in [-0.4, -0.2) is 42.1 Å². The Kier molecular flexibility index (Phi) is 6.75. The highest BCUT2D eigenvalue weighted by Gasteiger charge is 2.21. The molecule has 0 bridgehead atoms. The number of hydrogen-bond donors (Lipinski definition) is 3. The van der Waals surface area contributed by atoms with Crippen LogP contribution in [0.3, 0.4) is 0 Å². The fourth-order valence-electron chi connectivity index (χ4n) is 3.73. The van der Waals surface area contributed by atoms with Gasteiger partial charge in [0.25, 0.3) is 11.8 Å². The van der Waals surface area contributed by atoms with E-state index in [1.165, 1.54) is 17.8 Å². The maximum atomic E-state index is 12.6. The van der Waals surface area contributed by atoms with Crippen molar-refractivity contribution in [2.24, 2.45) is 0 Å². The molecule has 32 heavy (non-hydrogen) atoms. The average Bonchev–Trinajstić information content (AvgIpc) is 3.30. The lowest BCUT2D eigenvalue weighted by atomic mass is 10.1. The third-order valence-electron chi connectivity index (χ3n) is 5.32. The molecule has 1 aliphatic carbocycles. The average molecular weight is 454 g/mol. The first kappa shape index (κ1) is 21.9. The largest absolute Gasteiger partial charge is 0.452 e. The number of rotatable bonds is 6. The molecule has 3 amide bonds. The Bertz CT molecular complexity index is 1070. The van der Waals surface area contributed by atoms with Gasteiger partial charge < -0.3 is 20.7 Å². The molecule has 0 spiro atoms. The number of hydrogen-bond acceptors (Lipinski definition) is 6. The Labute approximate surface area is 189 Å². The number of carbonyl (C=O) groups is 4. The Morgan fingerprint density at radius 2 is 1.88 bits per heavy atom. The molecule has 2 aromatic carbocycles. The molecule has 0 saturated heterocycles. The third kappa shape index (κ3) is 5.28. The predicted molar refractivity (Wildman–Crippen MR) is 121 cm³/mol. The number of amides is 3. The van der Waals surface area contributed by atoms with E-state index >= 15 is 0 Å². The Morgan fingerprint density at radius 1 is 1.09 bits per heavy atom. The molecule has 8 nitrogen and oxygen atoms in total. The van der Waals surface area contributed by atoms with Crippen LogP contribution in [0, 0.1) is 0 Å². The predicted octanol–water partition coefficient (Wildman–Crippen LogP) is 3.20. The van der Waals surface area contributed by atoms with Gasteiger partial charge in [-0.15, -0.1) is 11.8 Å². The second-order valence-corrected chi connectivity index (χ2v) is 8.69. The van der Waals surface area contributed by atoms with E-state index in [0.29, 0.717) is 22.7 Å². The van der Waals surface area contributed by atoms with E-state index < -0.39 is 18.5 Å². The second-order valence-electron chi connectivity index (χ2n) is 7.67. The summed E-state index contributed by atoms with van der Waals surface area (Å²) >= 11 is 1.39. The third-order valence-corrected chi connectivity index (χ3v) is 6.39. The van der Waals surface area contributed by atoms with Gasteiger partial charge in [0, 0.05) is 10.9 Å². The summed E-state index contributed by atoms with van der Waals surface area (Å²) in [6, 6.07) is 11.7. The summed E-state index contributed by atoms with van der Waals surface area (Å²) in [6.07, 6.45) is 4.12. The highest BCUT2D eigenvalue weighted by Crippen LogP contribution is 2.32. The van der Waals surface area contributed by atoms with Gasteiger partial charge in [0.05, 0.1) is 28.3 Å². The van der Waals surface area contributed by atoms with E-state index in [9.17, 15) is 19.2 Å². The van der Waals surface area contributed by atoms with Gasteiger partial charge in [-0.2, -0.15) is 0 Å². The molecular formula is C23H23N3O5S. The van der Waals surface area contributed by atoms with E-state index in [0.717, 1.165) is 30.6 Å². The maximum Gasteiger partial charge on any atom is 0.338 e. The summed E-state index contributed by atoms with van der Waals surface area (Å²) in [5.41, 5.74) is 1.50. The van der Waals surface area contributed by atoms with Gasteiger partial charge in [0.15, 0.2) is 6.61 Å². The van der Waals surface area contributed by atoms with Crippen molar-refractivity contribution in [3.63, 3.8) is 0 Å². The van der Waals surface area contributed by atoms with Gasteiger partial charge in [-0.05, 0) is 43.2 Å². The lowest BCUT2D eigenvalue weighted by Crippen LogP contribution is -2.33. The van der Waals surface area contributed by atoms with Crippen molar-refractivity contribution in [2.75, 3.05) is 23.0 Å². The van der Waals surface area contributed by atoms with Gasteiger partial charge in [-0.1, -0.05) is 25.0 Å². The maximum absolute atomic E-state index is 12.6. The first-order valence-electron chi connectivity index (χ1n) is 10.4. The number of esters is 1. The van der Waals surface area contributed by atoms with Crippen molar-refractivity contribution in [3.8, 4) is 0 Å². The summed E-state index contributed by atoms with van der Waals surface area (Å²) in [6.45, 7) is -0.504. The SMILES string of the molecule is O=C1CSc2ccc(C(=O)OCC(=O)Nc3ccccc3C(=O)NC3CCCC3)cc2N1. The fraction of sp³-hybridized carbons (Fsp3) is 0.304.